The van der Waals surface area contributed by atoms with Gasteiger partial charge in [0.05, 0.1) is 22.6 Å². The lowest BCUT2D eigenvalue weighted by Gasteiger charge is -2.26. The van der Waals surface area contributed by atoms with Crippen LogP contribution < -0.4 is 5.32 Å². The van der Waals surface area contributed by atoms with Gasteiger partial charge in [-0.05, 0) is 55.2 Å². The Bertz CT molecular complexity index is 1200. The van der Waals surface area contributed by atoms with Crippen molar-refractivity contribution >= 4 is 23.2 Å². The fourth-order valence-corrected chi connectivity index (χ4v) is 6.20. The average Bonchev–Trinajstić information content (AvgIpc) is 3.19. The molecule has 2 aliphatic heterocycles. The van der Waals surface area contributed by atoms with E-state index in [1.54, 1.807) is 48.8 Å². The summed E-state index contributed by atoms with van der Waals surface area (Å²) in [4.78, 5) is 17.7. The topological polar surface area (TPSA) is 51.2 Å². The second kappa shape index (κ2) is 6.62. The van der Waals surface area contributed by atoms with Crippen LogP contribution in [0.15, 0.2) is 67.0 Å². The summed E-state index contributed by atoms with van der Waals surface area (Å²) in [5, 5.41) is 3.46. The number of rotatable bonds is 4. The maximum absolute atomic E-state index is 14.2. The molecule has 31 heavy (non-hydrogen) atoms. The van der Waals surface area contributed by atoms with Gasteiger partial charge in [-0.15, -0.1) is 0 Å². The molecule has 4 atom stereocenters. The molecular weight excluding hydrogens is 415 g/mol. The first-order valence-corrected chi connectivity index (χ1v) is 10.9. The van der Waals surface area contributed by atoms with Crippen molar-refractivity contribution in [2.45, 2.75) is 36.9 Å². The Kier molecular flexibility index (Phi) is 4.05. The summed E-state index contributed by atoms with van der Waals surface area (Å²) < 4.78 is 20.4. The molecule has 4 nitrogen and oxygen atoms in total. The Labute approximate surface area is 184 Å². The molecule has 1 aliphatic carbocycles. The van der Waals surface area contributed by atoms with E-state index in [-0.39, 0.29) is 29.3 Å². The SMILES string of the molecule is O=C(Nc1ccc(-c2ccccc2F)c(Cl)c1)[C@]12C[C@@]1(c1ccncc1)[C@@H]1CC[C@H]2O1. The first-order chi connectivity index (χ1) is 15.1. The zero-order valence-corrected chi connectivity index (χ0v) is 17.4. The van der Waals surface area contributed by atoms with Crippen LogP contribution in [0.2, 0.25) is 5.02 Å². The highest BCUT2D eigenvalue weighted by molar-refractivity contribution is 6.33. The third-order valence-electron chi connectivity index (χ3n) is 7.34. The summed E-state index contributed by atoms with van der Waals surface area (Å²) in [6, 6.07) is 15.7. The third-order valence-corrected chi connectivity index (χ3v) is 7.65. The minimum atomic E-state index is -0.562. The number of ether oxygens (including phenoxy) is 1. The van der Waals surface area contributed by atoms with Crippen LogP contribution in [0.25, 0.3) is 11.1 Å². The number of fused-ring (bicyclic) bond motifs is 5. The Morgan fingerprint density at radius 3 is 2.61 bits per heavy atom. The van der Waals surface area contributed by atoms with Crippen LogP contribution in [0.5, 0.6) is 0 Å². The molecule has 2 bridgehead atoms. The van der Waals surface area contributed by atoms with Crippen molar-refractivity contribution in [2.24, 2.45) is 5.41 Å². The number of hydrogen-bond acceptors (Lipinski definition) is 3. The standard InChI is InChI=1S/C25H20ClFN2O2/c26-19-13-16(5-6-17(19)18-3-1-2-4-20(18)27)29-23(30)25-14-24(25,15-9-11-28-12-10-15)21-7-8-22(25)31-21/h1-6,9-13,21-22H,7-8,14H2,(H,29,30)/t21-,22+,24+,25+/m0/s1. The lowest BCUT2D eigenvalue weighted by atomic mass is 9.75. The van der Waals surface area contributed by atoms with E-state index >= 15 is 0 Å². The fourth-order valence-electron chi connectivity index (χ4n) is 5.92. The molecule has 2 saturated heterocycles. The van der Waals surface area contributed by atoms with Crippen molar-refractivity contribution in [3.05, 3.63) is 83.4 Å². The number of nitrogens with one attached hydrogen (secondary N) is 1. The Morgan fingerprint density at radius 1 is 1.06 bits per heavy atom. The van der Waals surface area contributed by atoms with Crippen LogP contribution >= 0.6 is 11.6 Å². The van der Waals surface area contributed by atoms with Crippen molar-refractivity contribution in [1.29, 1.82) is 0 Å². The summed E-state index contributed by atoms with van der Waals surface area (Å²) in [5.41, 5.74) is 1.91. The predicted octanol–water partition coefficient (Wildman–Crippen LogP) is 5.37. The van der Waals surface area contributed by atoms with E-state index in [1.165, 1.54) is 6.07 Å². The molecule has 3 fully saturated rings. The monoisotopic (exact) mass is 434 g/mol. The number of carbonyl (C=O) groups excluding carboxylic acids is 1. The van der Waals surface area contributed by atoms with Crippen LogP contribution in [-0.4, -0.2) is 23.1 Å². The molecule has 6 heteroatoms. The zero-order chi connectivity index (χ0) is 21.2. The Balaban J connectivity index is 1.30. The van der Waals surface area contributed by atoms with E-state index in [4.69, 9.17) is 16.3 Å². The number of pyridine rings is 1. The number of aromatic nitrogens is 1. The molecule has 3 aromatic rings. The fraction of sp³-hybridized carbons (Fsp3) is 0.280. The molecule has 1 N–H and O–H groups in total. The number of benzene rings is 2. The zero-order valence-electron chi connectivity index (χ0n) is 16.6. The van der Waals surface area contributed by atoms with Crippen molar-refractivity contribution < 1.29 is 13.9 Å². The van der Waals surface area contributed by atoms with E-state index < -0.39 is 5.41 Å². The van der Waals surface area contributed by atoms with Gasteiger partial charge in [0, 0.05) is 34.6 Å². The number of carbonyl (C=O) groups is 1. The lowest BCUT2D eigenvalue weighted by molar-refractivity contribution is -0.124. The van der Waals surface area contributed by atoms with Gasteiger partial charge in [-0.1, -0.05) is 35.9 Å². The van der Waals surface area contributed by atoms with Crippen molar-refractivity contribution in [3.63, 3.8) is 0 Å². The number of hydrogen-bond donors (Lipinski definition) is 1. The number of anilines is 1. The smallest absolute Gasteiger partial charge is 0.234 e. The summed E-state index contributed by atoms with van der Waals surface area (Å²) >= 11 is 6.46. The average molecular weight is 435 g/mol. The van der Waals surface area contributed by atoms with Gasteiger partial charge in [0.1, 0.15) is 5.82 Å². The second-order valence-electron chi connectivity index (χ2n) is 8.67. The summed E-state index contributed by atoms with van der Waals surface area (Å²) in [5.74, 6) is -0.370. The molecule has 0 unspecified atom stereocenters. The van der Waals surface area contributed by atoms with Crippen molar-refractivity contribution in [3.8, 4) is 11.1 Å². The maximum Gasteiger partial charge on any atom is 0.234 e. The Hall–Kier alpha value is -2.76. The van der Waals surface area contributed by atoms with Gasteiger partial charge < -0.3 is 10.1 Å². The van der Waals surface area contributed by atoms with E-state index in [0.29, 0.717) is 21.8 Å². The van der Waals surface area contributed by atoms with Gasteiger partial charge in [-0.25, -0.2) is 4.39 Å². The van der Waals surface area contributed by atoms with Crippen LogP contribution in [0, 0.1) is 11.2 Å². The molecule has 156 valence electrons. The molecule has 3 heterocycles. The van der Waals surface area contributed by atoms with E-state index in [2.05, 4.69) is 10.3 Å². The first-order valence-electron chi connectivity index (χ1n) is 10.5. The minimum absolute atomic E-state index is 0.0359. The summed E-state index contributed by atoms with van der Waals surface area (Å²) in [6.45, 7) is 0. The van der Waals surface area contributed by atoms with Gasteiger partial charge in [-0.2, -0.15) is 0 Å². The van der Waals surface area contributed by atoms with Gasteiger partial charge in [-0.3, -0.25) is 9.78 Å². The molecular formula is C25H20ClFN2O2. The van der Waals surface area contributed by atoms with Crippen molar-refractivity contribution in [2.75, 3.05) is 5.32 Å². The molecule has 1 saturated carbocycles. The molecule has 0 spiro atoms. The normalized spacial score (nSPS) is 30.1. The van der Waals surface area contributed by atoms with Gasteiger partial charge >= 0.3 is 0 Å². The largest absolute Gasteiger partial charge is 0.373 e. The number of amides is 1. The molecule has 6 rings (SSSR count). The minimum Gasteiger partial charge on any atom is -0.373 e. The molecule has 3 aliphatic rings. The Morgan fingerprint density at radius 2 is 1.84 bits per heavy atom. The lowest BCUT2D eigenvalue weighted by Crippen LogP contribution is -2.39. The predicted molar refractivity (Wildman–Crippen MR) is 116 cm³/mol. The van der Waals surface area contributed by atoms with Gasteiger partial charge in [0.15, 0.2) is 0 Å². The summed E-state index contributed by atoms with van der Waals surface area (Å²) in [6.07, 6.45) is 6.21. The van der Waals surface area contributed by atoms with E-state index in [1.807, 2.05) is 12.1 Å². The van der Waals surface area contributed by atoms with Crippen molar-refractivity contribution in [1.82, 2.24) is 4.98 Å². The number of nitrogens with zero attached hydrogens (tertiary/aromatic N) is 1. The van der Waals surface area contributed by atoms with Crippen LogP contribution in [0.1, 0.15) is 24.8 Å². The van der Waals surface area contributed by atoms with Crippen LogP contribution in [-0.2, 0) is 14.9 Å². The molecule has 1 aromatic heterocycles. The molecule has 1 amide bonds. The summed E-state index contributed by atoms with van der Waals surface area (Å²) in [7, 11) is 0. The van der Waals surface area contributed by atoms with Gasteiger partial charge in [0.25, 0.3) is 0 Å². The van der Waals surface area contributed by atoms with Gasteiger partial charge in [0.2, 0.25) is 5.91 Å². The highest BCUT2D eigenvalue weighted by atomic mass is 35.5. The third kappa shape index (κ3) is 2.50. The quantitative estimate of drug-likeness (QED) is 0.600. The maximum atomic E-state index is 14.2. The molecule has 2 aromatic carbocycles. The first kappa shape index (κ1) is 19.0. The second-order valence-corrected chi connectivity index (χ2v) is 9.08. The van der Waals surface area contributed by atoms with Crippen LogP contribution in [0.4, 0.5) is 10.1 Å². The highest BCUT2D eigenvalue weighted by Gasteiger charge is 2.85. The van der Waals surface area contributed by atoms with E-state index in [9.17, 15) is 9.18 Å². The highest BCUT2D eigenvalue weighted by Crippen LogP contribution is 2.77. The molecule has 0 radical (unpaired) electrons. The van der Waals surface area contributed by atoms with Crippen LogP contribution in [0.3, 0.4) is 0 Å². The van der Waals surface area contributed by atoms with E-state index in [0.717, 1.165) is 24.8 Å². The number of halogens is 2.